The van der Waals surface area contributed by atoms with E-state index in [4.69, 9.17) is 4.74 Å². The van der Waals surface area contributed by atoms with Gasteiger partial charge in [-0.15, -0.1) is 0 Å². The largest absolute Gasteiger partial charge is 0.461 e. The first kappa shape index (κ1) is 13.0. The average Bonchev–Trinajstić information content (AvgIpc) is 2.40. The summed E-state index contributed by atoms with van der Waals surface area (Å²) in [5.41, 5.74) is 0.444. The van der Waals surface area contributed by atoms with Gasteiger partial charge in [-0.2, -0.15) is 0 Å². The van der Waals surface area contributed by atoms with Gasteiger partial charge in [0.2, 0.25) is 0 Å². The highest BCUT2D eigenvalue weighted by atomic mass is 19.1. The van der Waals surface area contributed by atoms with Crippen LogP contribution in [0.5, 0.6) is 0 Å². The van der Waals surface area contributed by atoms with Gasteiger partial charge in [0.25, 0.3) is 0 Å². The van der Waals surface area contributed by atoms with Crippen LogP contribution in [-0.4, -0.2) is 32.5 Å². The van der Waals surface area contributed by atoms with Gasteiger partial charge < -0.3 is 4.74 Å². The van der Waals surface area contributed by atoms with Crippen LogP contribution in [0.1, 0.15) is 23.1 Å². The molecule has 0 bridgehead atoms. The number of halogens is 1. The van der Waals surface area contributed by atoms with Crippen LogP contribution in [0.25, 0.3) is 11.4 Å². The van der Waals surface area contributed by atoms with Crippen LogP contribution in [0.3, 0.4) is 0 Å². The lowest BCUT2D eigenvalue weighted by molar-refractivity contribution is 0.0513. The first-order valence-electron chi connectivity index (χ1n) is 5.60. The minimum absolute atomic E-state index is 0.0782. The summed E-state index contributed by atoms with van der Waals surface area (Å²) in [5.74, 6) is -1.69. The second-order valence-electron chi connectivity index (χ2n) is 3.65. The number of esters is 1. The Labute approximate surface area is 108 Å². The molecule has 0 N–H and O–H groups in total. The zero-order valence-electron chi connectivity index (χ0n) is 10.4. The van der Waals surface area contributed by atoms with Gasteiger partial charge in [0.1, 0.15) is 17.7 Å². The van der Waals surface area contributed by atoms with Crippen molar-refractivity contribution in [3.8, 4) is 11.4 Å². The molecule has 0 aliphatic carbocycles. The van der Waals surface area contributed by atoms with Crippen molar-refractivity contribution in [2.24, 2.45) is 0 Å². The van der Waals surface area contributed by atoms with Crippen molar-refractivity contribution < 1.29 is 13.9 Å². The van der Waals surface area contributed by atoms with Gasteiger partial charge in [-0.05, 0) is 13.8 Å². The zero-order chi connectivity index (χ0) is 13.8. The number of nitrogens with zero attached hydrogens (tertiary/aromatic N) is 4. The molecule has 0 amide bonds. The molecule has 0 aliphatic rings. The lowest BCUT2D eigenvalue weighted by Crippen LogP contribution is -2.11. The molecule has 7 heteroatoms. The molecule has 0 aliphatic heterocycles. The molecule has 98 valence electrons. The summed E-state index contributed by atoms with van der Waals surface area (Å²) in [6, 6.07) is 0. The number of hydrogen-bond acceptors (Lipinski definition) is 6. The van der Waals surface area contributed by atoms with Crippen LogP contribution >= 0.6 is 0 Å². The molecule has 0 atom stereocenters. The first-order chi connectivity index (χ1) is 9.13. The normalized spacial score (nSPS) is 10.3. The van der Waals surface area contributed by atoms with Crippen molar-refractivity contribution >= 4 is 5.97 Å². The Kier molecular flexibility index (Phi) is 3.74. The molecule has 0 saturated heterocycles. The van der Waals surface area contributed by atoms with E-state index in [1.54, 1.807) is 13.8 Å². The number of carbonyl (C=O) groups is 1. The Hall–Kier alpha value is -2.44. The summed E-state index contributed by atoms with van der Waals surface area (Å²) >= 11 is 0. The van der Waals surface area contributed by atoms with E-state index < -0.39 is 17.5 Å². The van der Waals surface area contributed by atoms with Crippen LogP contribution in [0.2, 0.25) is 0 Å². The third kappa shape index (κ3) is 2.70. The second-order valence-corrected chi connectivity index (χ2v) is 3.65. The SMILES string of the molecule is CCOC(=O)c1ncnc(-c2cnc(C)cn2)c1F. The predicted octanol–water partition coefficient (Wildman–Crippen LogP) is 1.56. The van der Waals surface area contributed by atoms with Gasteiger partial charge in [-0.25, -0.2) is 19.2 Å². The topological polar surface area (TPSA) is 77.9 Å². The summed E-state index contributed by atoms with van der Waals surface area (Å²) in [4.78, 5) is 26.9. The van der Waals surface area contributed by atoms with Crippen molar-refractivity contribution in [3.63, 3.8) is 0 Å². The van der Waals surface area contributed by atoms with Crippen molar-refractivity contribution in [1.29, 1.82) is 0 Å². The number of rotatable bonds is 3. The Balaban J connectivity index is 2.45. The van der Waals surface area contributed by atoms with Gasteiger partial charge in [0, 0.05) is 6.20 Å². The number of hydrogen-bond donors (Lipinski definition) is 0. The van der Waals surface area contributed by atoms with Crippen molar-refractivity contribution in [1.82, 2.24) is 19.9 Å². The smallest absolute Gasteiger partial charge is 0.360 e. The monoisotopic (exact) mass is 262 g/mol. The zero-order valence-corrected chi connectivity index (χ0v) is 10.4. The maximum atomic E-state index is 14.1. The third-order valence-electron chi connectivity index (χ3n) is 2.28. The Morgan fingerprint density at radius 1 is 1.26 bits per heavy atom. The Morgan fingerprint density at radius 3 is 2.68 bits per heavy atom. The highest BCUT2D eigenvalue weighted by Crippen LogP contribution is 2.19. The molecule has 0 aromatic carbocycles. The fourth-order valence-corrected chi connectivity index (χ4v) is 1.41. The number of ether oxygens (including phenoxy) is 1. The first-order valence-corrected chi connectivity index (χ1v) is 5.60. The maximum absolute atomic E-state index is 14.1. The lowest BCUT2D eigenvalue weighted by atomic mass is 10.2. The van der Waals surface area contributed by atoms with Gasteiger partial charge in [-0.1, -0.05) is 0 Å². The molecule has 0 fully saturated rings. The summed E-state index contributed by atoms with van der Waals surface area (Å²) in [6.07, 6.45) is 3.96. The van der Waals surface area contributed by atoms with E-state index in [1.807, 2.05) is 0 Å². The maximum Gasteiger partial charge on any atom is 0.360 e. The molecule has 2 aromatic rings. The van der Waals surface area contributed by atoms with E-state index in [0.717, 1.165) is 6.33 Å². The lowest BCUT2D eigenvalue weighted by Gasteiger charge is -2.05. The molecule has 0 radical (unpaired) electrons. The van der Waals surface area contributed by atoms with E-state index in [9.17, 15) is 9.18 Å². The highest BCUT2D eigenvalue weighted by molar-refractivity contribution is 5.88. The van der Waals surface area contributed by atoms with Crippen LogP contribution in [-0.2, 0) is 4.74 Å². The molecular weight excluding hydrogens is 251 g/mol. The van der Waals surface area contributed by atoms with E-state index in [2.05, 4.69) is 19.9 Å². The van der Waals surface area contributed by atoms with Gasteiger partial charge in [0.05, 0.1) is 18.5 Å². The average molecular weight is 262 g/mol. The minimum Gasteiger partial charge on any atom is -0.461 e. The fraction of sp³-hybridized carbons (Fsp3) is 0.250. The standard InChI is InChI=1S/C12H11FN4O2/c1-3-19-12(18)11-9(13)10(16-6-17-11)8-5-14-7(2)4-15-8/h4-6H,3H2,1-2H3. The van der Waals surface area contributed by atoms with E-state index in [-0.39, 0.29) is 18.0 Å². The summed E-state index contributed by atoms with van der Waals surface area (Å²) in [7, 11) is 0. The molecule has 6 nitrogen and oxygen atoms in total. The number of aromatic nitrogens is 4. The molecule has 2 rings (SSSR count). The minimum atomic E-state index is -0.862. The molecule has 0 unspecified atom stereocenters. The van der Waals surface area contributed by atoms with Crippen molar-refractivity contribution in [3.05, 3.63) is 35.9 Å². The molecule has 19 heavy (non-hydrogen) atoms. The van der Waals surface area contributed by atoms with Crippen molar-refractivity contribution in [2.45, 2.75) is 13.8 Å². The fourth-order valence-electron chi connectivity index (χ4n) is 1.41. The van der Waals surface area contributed by atoms with E-state index in [1.165, 1.54) is 12.4 Å². The molecule has 0 spiro atoms. The highest BCUT2D eigenvalue weighted by Gasteiger charge is 2.20. The molecular formula is C12H11FN4O2. The van der Waals surface area contributed by atoms with Gasteiger partial charge >= 0.3 is 5.97 Å². The Bertz CT molecular complexity index is 601. The van der Waals surface area contributed by atoms with Gasteiger partial charge in [-0.3, -0.25) is 9.97 Å². The number of aryl methyl sites for hydroxylation is 1. The van der Waals surface area contributed by atoms with Crippen LogP contribution in [0.4, 0.5) is 4.39 Å². The van der Waals surface area contributed by atoms with E-state index >= 15 is 0 Å². The predicted molar refractivity (Wildman–Crippen MR) is 63.7 cm³/mol. The van der Waals surface area contributed by atoms with Crippen LogP contribution in [0, 0.1) is 12.7 Å². The number of carbonyl (C=O) groups excluding carboxylic acids is 1. The Morgan fingerprint density at radius 2 is 2.05 bits per heavy atom. The van der Waals surface area contributed by atoms with Crippen molar-refractivity contribution in [2.75, 3.05) is 6.61 Å². The molecule has 0 saturated carbocycles. The summed E-state index contributed by atoms with van der Waals surface area (Å²) in [5, 5.41) is 0. The van der Waals surface area contributed by atoms with E-state index in [0.29, 0.717) is 5.69 Å². The molecule has 2 aromatic heterocycles. The quantitative estimate of drug-likeness (QED) is 0.781. The molecule has 2 heterocycles. The third-order valence-corrected chi connectivity index (χ3v) is 2.28. The van der Waals surface area contributed by atoms with Crippen LogP contribution < -0.4 is 0 Å². The van der Waals surface area contributed by atoms with Gasteiger partial charge in [0.15, 0.2) is 11.5 Å². The summed E-state index contributed by atoms with van der Waals surface area (Å²) in [6.45, 7) is 3.53. The summed E-state index contributed by atoms with van der Waals surface area (Å²) < 4.78 is 18.9. The second kappa shape index (κ2) is 5.47. The van der Waals surface area contributed by atoms with Crippen LogP contribution in [0.15, 0.2) is 18.7 Å².